The first-order valence-electron chi connectivity index (χ1n) is 10.6. The summed E-state index contributed by atoms with van der Waals surface area (Å²) in [5.41, 5.74) is 3.98. The number of hydrogen-bond acceptors (Lipinski definition) is 6. The van der Waals surface area contributed by atoms with Gasteiger partial charge in [-0.15, -0.1) is 10.2 Å². The minimum atomic E-state index is -0.273. The zero-order valence-corrected chi connectivity index (χ0v) is 18.4. The lowest BCUT2D eigenvalue weighted by Crippen LogP contribution is -2.28. The number of benzene rings is 1. The van der Waals surface area contributed by atoms with Crippen LogP contribution >= 0.6 is 0 Å². The molecule has 8 nitrogen and oxygen atoms in total. The van der Waals surface area contributed by atoms with E-state index < -0.39 is 0 Å². The van der Waals surface area contributed by atoms with Gasteiger partial charge in [0.2, 0.25) is 0 Å². The molecule has 0 saturated carbocycles. The van der Waals surface area contributed by atoms with Crippen LogP contribution in [0.4, 0.5) is 0 Å². The monoisotopic (exact) mass is 423 g/mol. The Bertz CT molecular complexity index is 1060. The molecule has 3 heterocycles. The van der Waals surface area contributed by atoms with Crippen molar-refractivity contribution in [3.63, 3.8) is 0 Å². The van der Waals surface area contributed by atoms with Crippen molar-refractivity contribution in [2.75, 3.05) is 20.2 Å². The highest BCUT2D eigenvalue weighted by Gasteiger charge is 2.20. The number of hydrogen-bond donors (Lipinski definition) is 1. The molecule has 164 valence electrons. The molecule has 2 aromatic heterocycles. The maximum Gasteiger partial charge on any atom is 0.287 e. The van der Waals surface area contributed by atoms with E-state index in [-0.39, 0.29) is 11.7 Å². The zero-order chi connectivity index (χ0) is 21.8. The fourth-order valence-corrected chi connectivity index (χ4v) is 3.89. The van der Waals surface area contributed by atoms with E-state index in [0.29, 0.717) is 18.9 Å². The minimum absolute atomic E-state index is 0.266. The van der Waals surface area contributed by atoms with Crippen LogP contribution in [-0.2, 0) is 37.4 Å². The van der Waals surface area contributed by atoms with Crippen molar-refractivity contribution in [3.05, 3.63) is 70.2 Å². The van der Waals surface area contributed by atoms with Gasteiger partial charge in [0.05, 0.1) is 6.54 Å². The molecule has 0 atom stereocenters. The lowest BCUT2D eigenvalue weighted by atomic mass is 10.1. The van der Waals surface area contributed by atoms with Crippen LogP contribution < -0.4 is 5.32 Å². The Morgan fingerprint density at radius 1 is 1.16 bits per heavy atom. The van der Waals surface area contributed by atoms with Crippen LogP contribution in [0.15, 0.2) is 34.7 Å². The van der Waals surface area contributed by atoms with Crippen molar-refractivity contribution in [1.29, 1.82) is 0 Å². The predicted molar refractivity (Wildman–Crippen MR) is 116 cm³/mol. The molecule has 4 rings (SSSR count). The third kappa shape index (κ3) is 5.03. The number of ether oxygens (including phenoxy) is 1. The predicted octanol–water partition coefficient (Wildman–Crippen LogP) is 2.62. The third-order valence-electron chi connectivity index (χ3n) is 5.67. The Hall–Kier alpha value is -2.97. The maximum absolute atomic E-state index is 12.4. The molecule has 1 N–H and O–H groups in total. The summed E-state index contributed by atoms with van der Waals surface area (Å²) >= 11 is 0. The largest absolute Gasteiger partial charge is 0.453 e. The molecule has 1 aliphatic heterocycles. The number of aryl methyl sites for hydroxylation is 2. The molecule has 0 radical (unpaired) electrons. The SMILES string of the molecule is COCc1ccc(C(=O)NCc2nnc3n2CCN(Cc2cc(C)ccc2C)CC3)o1. The summed E-state index contributed by atoms with van der Waals surface area (Å²) in [6.45, 7) is 8.53. The van der Waals surface area contributed by atoms with E-state index >= 15 is 0 Å². The number of nitrogens with one attached hydrogen (secondary N) is 1. The molecular formula is C23H29N5O3. The molecule has 0 aliphatic carbocycles. The number of fused-ring (bicyclic) bond motifs is 1. The van der Waals surface area contributed by atoms with E-state index in [9.17, 15) is 4.79 Å². The Balaban J connectivity index is 1.36. The van der Waals surface area contributed by atoms with Crippen molar-refractivity contribution in [2.24, 2.45) is 0 Å². The van der Waals surface area contributed by atoms with Gasteiger partial charge < -0.3 is 19.0 Å². The Kier molecular flexibility index (Phi) is 6.48. The standard InChI is InChI=1S/C23H29N5O3/c1-16-4-5-17(2)18(12-16)14-27-9-8-21-25-26-22(28(21)11-10-27)13-24-23(29)20-7-6-19(31-20)15-30-3/h4-7,12H,8-11,13-15H2,1-3H3,(H,24,29). The summed E-state index contributed by atoms with van der Waals surface area (Å²) in [5.74, 6) is 2.34. The van der Waals surface area contributed by atoms with E-state index in [1.807, 2.05) is 0 Å². The summed E-state index contributed by atoms with van der Waals surface area (Å²) in [6, 6.07) is 10.0. The van der Waals surface area contributed by atoms with Gasteiger partial charge in [-0.3, -0.25) is 9.69 Å². The second-order valence-electron chi connectivity index (χ2n) is 8.02. The van der Waals surface area contributed by atoms with Crippen LogP contribution in [0.3, 0.4) is 0 Å². The molecule has 1 amide bonds. The number of aromatic nitrogens is 3. The summed E-state index contributed by atoms with van der Waals surface area (Å²) < 4.78 is 12.6. The molecule has 0 bridgehead atoms. The molecule has 0 saturated heterocycles. The van der Waals surface area contributed by atoms with Gasteiger partial charge >= 0.3 is 0 Å². The fraction of sp³-hybridized carbons (Fsp3) is 0.435. The van der Waals surface area contributed by atoms with Gasteiger partial charge in [0.25, 0.3) is 5.91 Å². The minimum Gasteiger partial charge on any atom is -0.453 e. The molecule has 1 aromatic carbocycles. The van der Waals surface area contributed by atoms with Crippen molar-refractivity contribution in [1.82, 2.24) is 25.0 Å². The summed E-state index contributed by atoms with van der Waals surface area (Å²) in [4.78, 5) is 14.9. The van der Waals surface area contributed by atoms with Gasteiger partial charge in [0.1, 0.15) is 18.2 Å². The quantitative estimate of drug-likeness (QED) is 0.629. The highest BCUT2D eigenvalue weighted by Crippen LogP contribution is 2.16. The lowest BCUT2D eigenvalue weighted by Gasteiger charge is -2.21. The lowest BCUT2D eigenvalue weighted by molar-refractivity contribution is 0.0913. The summed E-state index contributed by atoms with van der Waals surface area (Å²) in [6.07, 6.45) is 0.838. The van der Waals surface area contributed by atoms with Crippen LogP contribution in [0.25, 0.3) is 0 Å². The Labute approximate surface area is 182 Å². The highest BCUT2D eigenvalue weighted by molar-refractivity contribution is 5.91. The zero-order valence-electron chi connectivity index (χ0n) is 18.4. The fourth-order valence-electron chi connectivity index (χ4n) is 3.89. The van der Waals surface area contributed by atoms with Crippen LogP contribution in [-0.4, -0.2) is 45.8 Å². The van der Waals surface area contributed by atoms with Gasteiger partial charge in [-0.1, -0.05) is 23.8 Å². The number of carbonyl (C=O) groups is 1. The Morgan fingerprint density at radius 3 is 2.87 bits per heavy atom. The van der Waals surface area contributed by atoms with Gasteiger partial charge in [0, 0.05) is 39.7 Å². The average Bonchev–Trinajstić information content (AvgIpc) is 3.33. The van der Waals surface area contributed by atoms with E-state index in [1.54, 1.807) is 19.2 Å². The second kappa shape index (κ2) is 9.45. The first-order valence-corrected chi connectivity index (χ1v) is 10.6. The van der Waals surface area contributed by atoms with E-state index in [2.05, 4.69) is 57.0 Å². The third-order valence-corrected chi connectivity index (χ3v) is 5.67. The van der Waals surface area contributed by atoms with Crippen molar-refractivity contribution in [3.8, 4) is 0 Å². The first-order chi connectivity index (χ1) is 15.0. The van der Waals surface area contributed by atoms with Crippen molar-refractivity contribution in [2.45, 2.75) is 46.5 Å². The van der Waals surface area contributed by atoms with Gasteiger partial charge in [-0.25, -0.2) is 0 Å². The Morgan fingerprint density at radius 2 is 2.03 bits per heavy atom. The summed E-state index contributed by atoms with van der Waals surface area (Å²) in [7, 11) is 1.59. The molecule has 0 fully saturated rings. The second-order valence-corrected chi connectivity index (χ2v) is 8.02. The number of nitrogens with zero attached hydrogens (tertiary/aromatic N) is 4. The average molecular weight is 424 g/mol. The number of methoxy groups -OCH3 is 1. The van der Waals surface area contributed by atoms with Crippen LogP contribution in [0.2, 0.25) is 0 Å². The summed E-state index contributed by atoms with van der Waals surface area (Å²) in [5, 5.41) is 11.5. The number of furan rings is 1. The molecular weight excluding hydrogens is 394 g/mol. The van der Waals surface area contributed by atoms with Crippen molar-refractivity contribution >= 4 is 5.91 Å². The number of carbonyl (C=O) groups excluding carboxylic acids is 1. The smallest absolute Gasteiger partial charge is 0.287 e. The van der Waals surface area contributed by atoms with Crippen LogP contribution in [0, 0.1) is 13.8 Å². The van der Waals surface area contributed by atoms with E-state index in [1.165, 1.54) is 16.7 Å². The van der Waals surface area contributed by atoms with Gasteiger partial charge in [-0.2, -0.15) is 0 Å². The molecule has 0 unspecified atom stereocenters. The van der Waals surface area contributed by atoms with Gasteiger partial charge in [0.15, 0.2) is 11.6 Å². The van der Waals surface area contributed by atoms with Crippen LogP contribution in [0.5, 0.6) is 0 Å². The number of amides is 1. The van der Waals surface area contributed by atoms with Gasteiger partial charge in [-0.05, 0) is 37.1 Å². The molecule has 3 aromatic rings. The van der Waals surface area contributed by atoms with Crippen molar-refractivity contribution < 1.29 is 13.9 Å². The molecule has 1 aliphatic rings. The molecule has 8 heteroatoms. The number of rotatable bonds is 7. The normalized spacial score (nSPS) is 14.3. The maximum atomic E-state index is 12.4. The first kappa shape index (κ1) is 21.3. The van der Waals surface area contributed by atoms with E-state index in [4.69, 9.17) is 9.15 Å². The van der Waals surface area contributed by atoms with E-state index in [0.717, 1.165) is 44.2 Å². The highest BCUT2D eigenvalue weighted by atomic mass is 16.5. The topological polar surface area (TPSA) is 85.4 Å². The van der Waals surface area contributed by atoms with Crippen LogP contribution in [0.1, 0.15) is 44.7 Å². The molecule has 31 heavy (non-hydrogen) atoms. The molecule has 0 spiro atoms.